The molecule has 0 radical (unpaired) electrons. The van der Waals surface area contributed by atoms with Crippen LogP contribution in [-0.4, -0.2) is 31.1 Å². The molecule has 4 nitrogen and oxygen atoms in total. The Hall–Kier alpha value is -1.55. The van der Waals surface area contributed by atoms with Crippen molar-refractivity contribution >= 4 is 17.2 Å². The van der Waals surface area contributed by atoms with Gasteiger partial charge in [-0.05, 0) is 39.0 Å². The van der Waals surface area contributed by atoms with Crippen LogP contribution in [0.1, 0.15) is 31.1 Å². The number of nitrogens with two attached hydrogens (primary N) is 1. The predicted molar refractivity (Wildman–Crippen MR) is 73.1 cm³/mol. The van der Waals surface area contributed by atoms with Crippen LogP contribution in [0.3, 0.4) is 0 Å². The highest BCUT2D eigenvalue weighted by Gasteiger charge is 2.30. The molecular formula is C14H20N2O2. The molecule has 2 rings (SSSR count). The molecule has 0 atom stereocenters. The Morgan fingerprint density at radius 2 is 2.17 bits per heavy atom. The largest absolute Gasteiger partial charge is 0.398 e. The van der Waals surface area contributed by atoms with E-state index in [0.29, 0.717) is 24.5 Å². The van der Waals surface area contributed by atoms with Crippen LogP contribution < -0.4 is 10.6 Å². The lowest BCUT2D eigenvalue weighted by atomic mass is 10.00. The molecule has 0 amide bonds. The number of rotatable bonds is 2. The van der Waals surface area contributed by atoms with E-state index < -0.39 is 0 Å². The van der Waals surface area contributed by atoms with Crippen LogP contribution in [0.5, 0.6) is 0 Å². The minimum atomic E-state index is -0.0670. The molecule has 18 heavy (non-hydrogen) atoms. The number of ketones is 1. The van der Waals surface area contributed by atoms with Gasteiger partial charge in [0.15, 0.2) is 5.78 Å². The minimum Gasteiger partial charge on any atom is -0.398 e. The standard InChI is InChI=1S/C14H20N2O2/c1-10(17)12-8-11(4-5-13(12)15)16-6-7-18-9-14(16,2)3/h4-5,8H,6-7,9,15H2,1-3H3. The van der Waals surface area contributed by atoms with Crippen molar-refractivity contribution in [3.8, 4) is 0 Å². The third kappa shape index (κ3) is 2.34. The van der Waals surface area contributed by atoms with Gasteiger partial charge in [0.25, 0.3) is 0 Å². The van der Waals surface area contributed by atoms with Crippen molar-refractivity contribution in [3.05, 3.63) is 23.8 Å². The molecule has 1 aromatic rings. The van der Waals surface area contributed by atoms with E-state index in [-0.39, 0.29) is 11.3 Å². The van der Waals surface area contributed by atoms with Gasteiger partial charge >= 0.3 is 0 Å². The van der Waals surface area contributed by atoms with E-state index >= 15 is 0 Å². The van der Waals surface area contributed by atoms with Crippen molar-refractivity contribution in [1.82, 2.24) is 0 Å². The first-order valence-corrected chi connectivity index (χ1v) is 6.18. The molecule has 1 aliphatic heterocycles. The third-order valence-corrected chi connectivity index (χ3v) is 3.37. The average Bonchev–Trinajstić information content (AvgIpc) is 2.29. The normalized spacial score (nSPS) is 18.7. The van der Waals surface area contributed by atoms with Crippen LogP contribution in [0.4, 0.5) is 11.4 Å². The molecule has 0 spiro atoms. The third-order valence-electron chi connectivity index (χ3n) is 3.37. The summed E-state index contributed by atoms with van der Waals surface area (Å²) < 4.78 is 5.50. The number of nitrogens with zero attached hydrogens (tertiary/aromatic N) is 1. The number of ether oxygens (including phenoxy) is 1. The molecule has 4 heteroatoms. The second kappa shape index (κ2) is 4.61. The van der Waals surface area contributed by atoms with E-state index in [9.17, 15) is 4.79 Å². The lowest BCUT2D eigenvalue weighted by Gasteiger charge is -2.44. The Balaban J connectivity index is 2.38. The monoisotopic (exact) mass is 248 g/mol. The molecule has 0 saturated carbocycles. The van der Waals surface area contributed by atoms with Crippen LogP contribution >= 0.6 is 0 Å². The van der Waals surface area contributed by atoms with Crippen molar-refractivity contribution in [2.24, 2.45) is 0 Å². The van der Waals surface area contributed by atoms with Crippen molar-refractivity contribution in [2.75, 3.05) is 30.4 Å². The fraction of sp³-hybridized carbons (Fsp3) is 0.500. The van der Waals surface area contributed by atoms with Gasteiger partial charge < -0.3 is 15.4 Å². The van der Waals surface area contributed by atoms with Crippen LogP contribution in [0.15, 0.2) is 18.2 Å². The summed E-state index contributed by atoms with van der Waals surface area (Å²) in [6.45, 7) is 8.04. The Kier molecular flexibility index (Phi) is 3.30. The summed E-state index contributed by atoms with van der Waals surface area (Å²) in [7, 11) is 0. The molecule has 1 heterocycles. The summed E-state index contributed by atoms with van der Waals surface area (Å²) in [6.07, 6.45) is 0. The highest BCUT2D eigenvalue weighted by molar-refractivity contribution is 6.00. The Morgan fingerprint density at radius 1 is 1.44 bits per heavy atom. The number of morpholine rings is 1. The topological polar surface area (TPSA) is 55.6 Å². The average molecular weight is 248 g/mol. The predicted octanol–water partition coefficient (Wildman–Crippen LogP) is 2.09. The summed E-state index contributed by atoms with van der Waals surface area (Å²) in [5.74, 6) is 0.000385. The number of anilines is 2. The van der Waals surface area contributed by atoms with Crippen molar-refractivity contribution in [3.63, 3.8) is 0 Å². The van der Waals surface area contributed by atoms with Crippen LogP contribution in [-0.2, 0) is 4.74 Å². The first-order valence-electron chi connectivity index (χ1n) is 6.18. The first-order chi connectivity index (χ1) is 8.42. The van der Waals surface area contributed by atoms with E-state index in [1.54, 1.807) is 13.0 Å². The Bertz CT molecular complexity index is 469. The van der Waals surface area contributed by atoms with E-state index in [1.165, 1.54) is 0 Å². The second-order valence-electron chi connectivity index (χ2n) is 5.34. The second-order valence-corrected chi connectivity index (χ2v) is 5.34. The SMILES string of the molecule is CC(=O)c1cc(N2CCOCC2(C)C)ccc1N. The maximum Gasteiger partial charge on any atom is 0.161 e. The number of carbonyl (C=O) groups excluding carboxylic acids is 1. The lowest BCUT2D eigenvalue weighted by Crippen LogP contribution is -2.53. The summed E-state index contributed by atoms with van der Waals surface area (Å²) in [6, 6.07) is 5.65. The maximum absolute atomic E-state index is 11.5. The fourth-order valence-corrected chi connectivity index (χ4v) is 2.35. The van der Waals surface area contributed by atoms with Crippen LogP contribution in [0.2, 0.25) is 0 Å². The molecule has 98 valence electrons. The molecule has 1 saturated heterocycles. The van der Waals surface area contributed by atoms with E-state index in [1.807, 2.05) is 12.1 Å². The van der Waals surface area contributed by atoms with Gasteiger partial charge in [0.1, 0.15) is 0 Å². The van der Waals surface area contributed by atoms with Gasteiger partial charge in [-0.15, -0.1) is 0 Å². The number of hydrogen-bond acceptors (Lipinski definition) is 4. The highest BCUT2D eigenvalue weighted by atomic mass is 16.5. The number of Topliss-reactive ketones (excluding diaryl/α,β-unsaturated/α-hetero) is 1. The maximum atomic E-state index is 11.5. The lowest BCUT2D eigenvalue weighted by molar-refractivity contribution is 0.0644. The number of nitrogen functional groups attached to an aromatic ring is 1. The fourth-order valence-electron chi connectivity index (χ4n) is 2.35. The zero-order valence-electron chi connectivity index (χ0n) is 11.2. The van der Waals surface area contributed by atoms with Gasteiger partial charge in [0.2, 0.25) is 0 Å². The van der Waals surface area contributed by atoms with E-state index in [2.05, 4.69) is 18.7 Å². The minimum absolute atomic E-state index is 0.000385. The molecule has 0 aromatic heterocycles. The summed E-state index contributed by atoms with van der Waals surface area (Å²) in [5.41, 5.74) is 7.92. The zero-order chi connectivity index (χ0) is 13.3. The van der Waals surface area contributed by atoms with Crippen LogP contribution in [0.25, 0.3) is 0 Å². The first kappa shape index (κ1) is 12.9. The molecular weight excluding hydrogens is 228 g/mol. The zero-order valence-corrected chi connectivity index (χ0v) is 11.2. The van der Waals surface area contributed by atoms with Gasteiger partial charge in [0.05, 0.1) is 18.8 Å². The van der Waals surface area contributed by atoms with Crippen LogP contribution in [0, 0.1) is 0 Å². The number of benzene rings is 1. The summed E-state index contributed by atoms with van der Waals surface area (Å²) >= 11 is 0. The quantitative estimate of drug-likeness (QED) is 0.643. The molecule has 2 N–H and O–H groups in total. The van der Waals surface area contributed by atoms with Crippen molar-refractivity contribution in [1.29, 1.82) is 0 Å². The molecule has 0 aliphatic carbocycles. The highest BCUT2D eigenvalue weighted by Crippen LogP contribution is 2.29. The smallest absolute Gasteiger partial charge is 0.161 e. The Labute approximate surface area is 108 Å². The summed E-state index contributed by atoms with van der Waals surface area (Å²) in [5, 5.41) is 0. The van der Waals surface area contributed by atoms with Gasteiger partial charge in [-0.3, -0.25) is 4.79 Å². The molecule has 0 unspecified atom stereocenters. The molecule has 1 aliphatic rings. The number of hydrogen-bond donors (Lipinski definition) is 1. The van der Waals surface area contributed by atoms with Gasteiger partial charge in [-0.1, -0.05) is 0 Å². The molecule has 0 bridgehead atoms. The van der Waals surface area contributed by atoms with E-state index in [4.69, 9.17) is 10.5 Å². The van der Waals surface area contributed by atoms with Gasteiger partial charge in [-0.25, -0.2) is 0 Å². The van der Waals surface area contributed by atoms with Crippen molar-refractivity contribution in [2.45, 2.75) is 26.3 Å². The number of carbonyl (C=O) groups is 1. The van der Waals surface area contributed by atoms with Gasteiger partial charge in [-0.2, -0.15) is 0 Å². The van der Waals surface area contributed by atoms with E-state index in [0.717, 1.165) is 12.2 Å². The molecule has 1 fully saturated rings. The molecule has 1 aromatic carbocycles. The van der Waals surface area contributed by atoms with Gasteiger partial charge in [0, 0.05) is 23.5 Å². The van der Waals surface area contributed by atoms with Crippen molar-refractivity contribution < 1.29 is 9.53 Å². The Morgan fingerprint density at radius 3 is 2.78 bits per heavy atom. The summed E-state index contributed by atoms with van der Waals surface area (Å²) in [4.78, 5) is 13.8.